The van der Waals surface area contributed by atoms with Crippen molar-refractivity contribution in [3.63, 3.8) is 0 Å². The van der Waals surface area contributed by atoms with E-state index >= 15 is 0 Å². The molecule has 0 N–H and O–H groups in total. The predicted octanol–water partition coefficient (Wildman–Crippen LogP) is 1.84. The van der Waals surface area contributed by atoms with Crippen LogP contribution in [-0.4, -0.2) is 37.0 Å². The van der Waals surface area contributed by atoms with Gasteiger partial charge in [-0.1, -0.05) is 19.3 Å². The molecule has 0 bridgehead atoms. The van der Waals surface area contributed by atoms with Crippen molar-refractivity contribution in [1.82, 2.24) is 0 Å². The van der Waals surface area contributed by atoms with E-state index in [-0.39, 0.29) is 5.97 Å². The van der Waals surface area contributed by atoms with Gasteiger partial charge in [-0.05, 0) is 19.8 Å². The Bertz CT molecular complexity index is 220. The number of hydrogen-bond acceptors (Lipinski definition) is 2. The van der Waals surface area contributed by atoms with Gasteiger partial charge in [-0.3, -0.25) is 0 Å². The first-order valence-electron chi connectivity index (χ1n) is 5.93. The number of esters is 1. The highest BCUT2D eigenvalue weighted by atomic mass is 16.5. The van der Waals surface area contributed by atoms with Crippen LogP contribution in [0.2, 0.25) is 0 Å². The van der Waals surface area contributed by atoms with Gasteiger partial charge in [0.05, 0.1) is 6.61 Å². The Balaban J connectivity index is 2.19. The first-order valence-corrected chi connectivity index (χ1v) is 5.93. The molecule has 3 nitrogen and oxygen atoms in total. The lowest BCUT2D eigenvalue weighted by atomic mass is 9.89. The van der Waals surface area contributed by atoms with E-state index in [1.54, 1.807) is 0 Å². The van der Waals surface area contributed by atoms with E-state index in [9.17, 15) is 4.79 Å². The summed E-state index contributed by atoms with van der Waals surface area (Å²) >= 11 is 0. The van der Waals surface area contributed by atoms with Crippen LogP contribution in [-0.2, 0) is 9.53 Å². The fourth-order valence-corrected chi connectivity index (χ4v) is 2.19. The lowest BCUT2D eigenvalue weighted by Crippen LogP contribution is -2.27. The topological polar surface area (TPSA) is 29.3 Å². The molecule has 0 radical (unpaired) electrons. The highest BCUT2D eigenvalue weighted by Crippen LogP contribution is 2.23. The van der Waals surface area contributed by atoms with Crippen LogP contribution in [0.15, 0.2) is 0 Å². The second kappa shape index (κ2) is 6.59. The fraction of sp³-hybridized carbons (Fsp3) is 0.833. The summed E-state index contributed by atoms with van der Waals surface area (Å²) in [6.07, 6.45) is 6.60. The van der Waals surface area contributed by atoms with Gasteiger partial charge >= 0.3 is 5.97 Å². The third-order valence-electron chi connectivity index (χ3n) is 2.90. The van der Waals surface area contributed by atoms with E-state index in [2.05, 4.69) is 6.72 Å². The molecule has 1 fully saturated rings. The van der Waals surface area contributed by atoms with Crippen LogP contribution in [0.3, 0.4) is 0 Å². The molecule has 0 saturated heterocycles. The van der Waals surface area contributed by atoms with Gasteiger partial charge in [0.25, 0.3) is 0 Å². The van der Waals surface area contributed by atoms with Crippen molar-refractivity contribution in [2.24, 2.45) is 5.92 Å². The van der Waals surface area contributed by atoms with Gasteiger partial charge in [0.1, 0.15) is 13.3 Å². The number of carbonyl (C=O) groups excluding carboxylic acids is 1. The zero-order chi connectivity index (χ0) is 11.1. The second-order valence-corrected chi connectivity index (χ2v) is 4.32. The predicted molar refractivity (Wildman–Crippen MR) is 60.3 cm³/mol. The fourth-order valence-electron chi connectivity index (χ4n) is 2.19. The van der Waals surface area contributed by atoms with E-state index in [1.807, 2.05) is 11.5 Å². The summed E-state index contributed by atoms with van der Waals surface area (Å²) in [5, 5.41) is 0. The maximum Gasteiger partial charge on any atom is 0.372 e. The van der Waals surface area contributed by atoms with E-state index in [0.717, 1.165) is 12.5 Å². The number of ether oxygens (including phenoxy) is 1. The summed E-state index contributed by atoms with van der Waals surface area (Å²) < 4.78 is 6.72. The normalized spacial score (nSPS) is 17.4. The quantitative estimate of drug-likeness (QED) is 0.395. The second-order valence-electron chi connectivity index (χ2n) is 4.32. The Kier molecular flexibility index (Phi) is 5.37. The van der Waals surface area contributed by atoms with Crippen LogP contribution in [0.5, 0.6) is 0 Å². The molecule has 0 aromatic heterocycles. The molecule has 1 aliphatic carbocycles. The summed E-state index contributed by atoms with van der Waals surface area (Å²) in [6, 6.07) is 0. The standard InChI is InChI=1S/C12H22NO2/c1-3-15-12(14)10-13(2)9-11-7-5-4-6-8-11/h11H,2-10H2,1H3/q+1. The first kappa shape index (κ1) is 12.2. The van der Waals surface area contributed by atoms with Crippen LogP contribution < -0.4 is 0 Å². The molecule has 3 heteroatoms. The molecule has 1 aliphatic rings. The summed E-state index contributed by atoms with van der Waals surface area (Å²) in [7, 11) is 0. The molecule has 0 aliphatic heterocycles. The van der Waals surface area contributed by atoms with Crippen LogP contribution >= 0.6 is 0 Å². The minimum Gasteiger partial charge on any atom is -0.461 e. The highest BCUT2D eigenvalue weighted by Gasteiger charge is 2.19. The summed E-state index contributed by atoms with van der Waals surface area (Å²) in [5.74, 6) is 0.564. The Hall–Kier alpha value is -0.860. The van der Waals surface area contributed by atoms with E-state index in [1.165, 1.54) is 32.1 Å². The molecule has 0 atom stereocenters. The highest BCUT2D eigenvalue weighted by molar-refractivity contribution is 5.70. The average Bonchev–Trinajstić information content (AvgIpc) is 2.19. The lowest BCUT2D eigenvalue weighted by molar-refractivity contribution is -0.518. The lowest BCUT2D eigenvalue weighted by Gasteiger charge is -2.19. The molecule has 1 rings (SSSR count). The third-order valence-corrected chi connectivity index (χ3v) is 2.90. The van der Waals surface area contributed by atoms with Crippen LogP contribution in [0.25, 0.3) is 0 Å². The molecule has 1 saturated carbocycles. The van der Waals surface area contributed by atoms with Crippen LogP contribution in [0.1, 0.15) is 39.0 Å². The van der Waals surface area contributed by atoms with Gasteiger partial charge < -0.3 is 4.74 Å². The number of rotatable bonds is 5. The molecule has 86 valence electrons. The SMILES string of the molecule is C=[N+](CC(=O)OCC)CC1CCCCC1. The largest absolute Gasteiger partial charge is 0.461 e. The van der Waals surface area contributed by atoms with Gasteiger partial charge in [0.15, 0.2) is 0 Å². The molecule has 0 heterocycles. The van der Waals surface area contributed by atoms with E-state index in [0.29, 0.717) is 13.2 Å². The number of nitrogens with zero attached hydrogens (tertiary/aromatic N) is 1. The Morgan fingerprint density at radius 2 is 2.07 bits per heavy atom. The number of hydrogen-bond donors (Lipinski definition) is 0. The Labute approximate surface area is 92.1 Å². The van der Waals surface area contributed by atoms with Crippen molar-refractivity contribution in [2.75, 3.05) is 19.7 Å². The van der Waals surface area contributed by atoms with Gasteiger partial charge in [0, 0.05) is 5.92 Å². The van der Waals surface area contributed by atoms with Crippen LogP contribution in [0, 0.1) is 5.92 Å². The maximum absolute atomic E-state index is 11.2. The van der Waals surface area contributed by atoms with Crippen molar-refractivity contribution < 1.29 is 14.1 Å². The van der Waals surface area contributed by atoms with Gasteiger partial charge in [0.2, 0.25) is 6.54 Å². The monoisotopic (exact) mass is 212 g/mol. The van der Waals surface area contributed by atoms with Crippen LogP contribution in [0.4, 0.5) is 0 Å². The minimum atomic E-state index is -0.164. The number of carbonyl (C=O) groups is 1. The summed E-state index contributed by atoms with van der Waals surface area (Å²) in [4.78, 5) is 11.2. The molecule has 0 aromatic carbocycles. The van der Waals surface area contributed by atoms with E-state index < -0.39 is 0 Å². The Morgan fingerprint density at radius 3 is 2.67 bits per heavy atom. The molecular weight excluding hydrogens is 190 g/mol. The molecule has 0 unspecified atom stereocenters. The third kappa shape index (κ3) is 4.96. The molecule has 0 spiro atoms. The molecule has 15 heavy (non-hydrogen) atoms. The van der Waals surface area contributed by atoms with Crippen molar-refractivity contribution in [2.45, 2.75) is 39.0 Å². The molecule has 0 amide bonds. The van der Waals surface area contributed by atoms with E-state index in [4.69, 9.17) is 4.74 Å². The molecule has 0 aromatic rings. The van der Waals surface area contributed by atoms with Crippen molar-refractivity contribution >= 4 is 12.7 Å². The minimum absolute atomic E-state index is 0.164. The maximum atomic E-state index is 11.2. The van der Waals surface area contributed by atoms with Gasteiger partial charge in [-0.15, -0.1) is 0 Å². The average molecular weight is 212 g/mol. The molecular formula is C12H22NO2+. The van der Waals surface area contributed by atoms with Crippen molar-refractivity contribution in [1.29, 1.82) is 0 Å². The van der Waals surface area contributed by atoms with Crippen molar-refractivity contribution in [3.8, 4) is 0 Å². The van der Waals surface area contributed by atoms with Gasteiger partial charge in [-0.2, -0.15) is 0 Å². The van der Waals surface area contributed by atoms with Gasteiger partial charge in [-0.25, -0.2) is 9.37 Å². The zero-order valence-corrected chi connectivity index (χ0v) is 9.71. The zero-order valence-electron chi connectivity index (χ0n) is 9.71. The summed E-state index contributed by atoms with van der Waals surface area (Å²) in [6.45, 7) is 7.42. The van der Waals surface area contributed by atoms with Crippen molar-refractivity contribution in [3.05, 3.63) is 0 Å². The smallest absolute Gasteiger partial charge is 0.372 e. The first-order chi connectivity index (χ1) is 7.22. The summed E-state index contributed by atoms with van der Waals surface area (Å²) in [5.41, 5.74) is 0. The Morgan fingerprint density at radius 1 is 1.40 bits per heavy atom.